The van der Waals surface area contributed by atoms with Gasteiger partial charge in [0.25, 0.3) is 0 Å². The number of ether oxygens (including phenoxy) is 2. The standard InChI is InChI=1S/C10H14FNO2.ClH/c1-13-5-6-14-10-8(7-12)3-2-4-9(10)11;/h2-4H,5-7,12H2,1H3;1H. The number of methoxy groups -OCH3 is 1. The van der Waals surface area contributed by atoms with E-state index in [2.05, 4.69) is 0 Å². The molecule has 15 heavy (non-hydrogen) atoms. The van der Waals surface area contributed by atoms with Gasteiger partial charge >= 0.3 is 0 Å². The summed E-state index contributed by atoms with van der Waals surface area (Å²) >= 11 is 0. The molecule has 0 atom stereocenters. The molecule has 0 saturated carbocycles. The maximum Gasteiger partial charge on any atom is 0.165 e. The van der Waals surface area contributed by atoms with E-state index in [1.807, 2.05) is 0 Å². The van der Waals surface area contributed by atoms with Gasteiger partial charge < -0.3 is 15.2 Å². The molecule has 0 aliphatic heterocycles. The van der Waals surface area contributed by atoms with Crippen LogP contribution in [0.1, 0.15) is 5.56 Å². The molecule has 5 heteroatoms. The number of benzene rings is 1. The Labute approximate surface area is 94.8 Å². The lowest BCUT2D eigenvalue weighted by atomic mass is 10.2. The molecule has 1 rings (SSSR count). The minimum atomic E-state index is -0.385. The quantitative estimate of drug-likeness (QED) is 0.791. The van der Waals surface area contributed by atoms with Crippen molar-refractivity contribution in [2.75, 3.05) is 20.3 Å². The Balaban J connectivity index is 0.00000196. The van der Waals surface area contributed by atoms with Crippen LogP contribution in [0.5, 0.6) is 5.75 Å². The number of rotatable bonds is 5. The van der Waals surface area contributed by atoms with E-state index in [0.717, 1.165) is 0 Å². The van der Waals surface area contributed by atoms with Gasteiger partial charge in [0.2, 0.25) is 0 Å². The van der Waals surface area contributed by atoms with E-state index in [1.165, 1.54) is 6.07 Å². The minimum absolute atomic E-state index is 0. The monoisotopic (exact) mass is 235 g/mol. The predicted molar refractivity (Wildman–Crippen MR) is 58.9 cm³/mol. The topological polar surface area (TPSA) is 44.5 Å². The predicted octanol–water partition coefficient (Wildman–Crippen LogP) is 1.73. The van der Waals surface area contributed by atoms with E-state index in [-0.39, 0.29) is 30.5 Å². The SMILES string of the molecule is COCCOc1c(F)cccc1CN.Cl. The van der Waals surface area contributed by atoms with Crippen LogP contribution in [-0.4, -0.2) is 20.3 Å². The average Bonchev–Trinajstić information content (AvgIpc) is 2.20. The first-order valence-electron chi connectivity index (χ1n) is 4.38. The Hall–Kier alpha value is -0.840. The largest absolute Gasteiger partial charge is 0.488 e. The zero-order chi connectivity index (χ0) is 10.4. The highest BCUT2D eigenvalue weighted by molar-refractivity contribution is 5.85. The molecule has 3 nitrogen and oxygen atoms in total. The van der Waals surface area contributed by atoms with Crippen LogP contribution < -0.4 is 10.5 Å². The fourth-order valence-corrected chi connectivity index (χ4v) is 1.10. The normalized spacial score (nSPS) is 9.53. The van der Waals surface area contributed by atoms with Gasteiger partial charge in [-0.15, -0.1) is 12.4 Å². The Morgan fingerprint density at radius 2 is 2.07 bits per heavy atom. The van der Waals surface area contributed by atoms with Crippen molar-refractivity contribution < 1.29 is 13.9 Å². The van der Waals surface area contributed by atoms with Crippen molar-refractivity contribution >= 4 is 12.4 Å². The lowest BCUT2D eigenvalue weighted by Crippen LogP contribution is -2.09. The molecule has 0 heterocycles. The van der Waals surface area contributed by atoms with Gasteiger partial charge in [0.05, 0.1) is 6.61 Å². The number of nitrogens with two attached hydrogens (primary N) is 1. The zero-order valence-electron chi connectivity index (χ0n) is 8.53. The van der Waals surface area contributed by atoms with Crippen LogP contribution in [-0.2, 0) is 11.3 Å². The Bertz CT molecular complexity index is 297. The third kappa shape index (κ3) is 4.03. The van der Waals surface area contributed by atoms with Crippen LogP contribution in [0.2, 0.25) is 0 Å². The summed E-state index contributed by atoms with van der Waals surface area (Å²) in [7, 11) is 1.56. The van der Waals surface area contributed by atoms with Crippen molar-refractivity contribution in [2.45, 2.75) is 6.54 Å². The van der Waals surface area contributed by atoms with Crippen molar-refractivity contribution in [3.05, 3.63) is 29.6 Å². The Kier molecular flexibility index (Phi) is 7.03. The molecular formula is C10H15ClFNO2. The summed E-state index contributed by atoms with van der Waals surface area (Å²) in [5.74, 6) is -0.156. The summed E-state index contributed by atoms with van der Waals surface area (Å²) in [6, 6.07) is 4.70. The molecule has 0 saturated heterocycles. The summed E-state index contributed by atoms with van der Waals surface area (Å²) in [6.07, 6.45) is 0. The van der Waals surface area contributed by atoms with Gasteiger partial charge in [-0.3, -0.25) is 0 Å². The molecule has 0 aromatic heterocycles. The van der Waals surface area contributed by atoms with Crippen LogP contribution in [0.3, 0.4) is 0 Å². The van der Waals surface area contributed by atoms with Crippen molar-refractivity contribution in [3.8, 4) is 5.75 Å². The highest BCUT2D eigenvalue weighted by Crippen LogP contribution is 2.21. The van der Waals surface area contributed by atoms with Gasteiger partial charge in [0, 0.05) is 19.2 Å². The summed E-state index contributed by atoms with van der Waals surface area (Å²) < 4.78 is 23.3. The van der Waals surface area contributed by atoms with Crippen molar-refractivity contribution in [3.63, 3.8) is 0 Å². The number of hydrogen-bond acceptors (Lipinski definition) is 3. The first kappa shape index (κ1) is 14.2. The third-order valence-electron chi connectivity index (χ3n) is 1.80. The second kappa shape index (κ2) is 7.45. The first-order chi connectivity index (χ1) is 6.79. The molecule has 2 N–H and O–H groups in total. The lowest BCUT2D eigenvalue weighted by molar-refractivity contribution is 0.143. The molecule has 0 aliphatic carbocycles. The summed E-state index contributed by atoms with van der Waals surface area (Å²) in [5.41, 5.74) is 6.11. The maximum absolute atomic E-state index is 13.2. The molecule has 0 spiro atoms. The zero-order valence-corrected chi connectivity index (χ0v) is 9.35. The van der Waals surface area contributed by atoms with Gasteiger partial charge in [-0.25, -0.2) is 4.39 Å². The van der Waals surface area contributed by atoms with Crippen LogP contribution >= 0.6 is 12.4 Å². The van der Waals surface area contributed by atoms with Crippen molar-refractivity contribution in [1.82, 2.24) is 0 Å². The van der Waals surface area contributed by atoms with E-state index in [4.69, 9.17) is 15.2 Å². The molecule has 0 bridgehead atoms. The second-order valence-electron chi connectivity index (χ2n) is 2.77. The maximum atomic E-state index is 13.2. The van der Waals surface area contributed by atoms with Gasteiger partial charge in [-0.2, -0.15) is 0 Å². The van der Waals surface area contributed by atoms with Gasteiger partial charge in [-0.1, -0.05) is 12.1 Å². The van der Waals surface area contributed by atoms with Gasteiger partial charge in [0.1, 0.15) is 6.61 Å². The number of para-hydroxylation sites is 1. The van der Waals surface area contributed by atoms with Crippen LogP contribution in [0.25, 0.3) is 0 Å². The first-order valence-corrected chi connectivity index (χ1v) is 4.38. The summed E-state index contributed by atoms with van der Waals surface area (Å²) in [4.78, 5) is 0. The average molecular weight is 236 g/mol. The van der Waals surface area contributed by atoms with Crippen molar-refractivity contribution in [2.24, 2.45) is 5.73 Å². The molecule has 0 fully saturated rings. The molecule has 86 valence electrons. The van der Waals surface area contributed by atoms with E-state index < -0.39 is 0 Å². The van der Waals surface area contributed by atoms with Crippen LogP contribution in [0.15, 0.2) is 18.2 Å². The highest BCUT2D eigenvalue weighted by atomic mass is 35.5. The van der Waals surface area contributed by atoms with E-state index in [1.54, 1.807) is 19.2 Å². The van der Waals surface area contributed by atoms with Crippen LogP contribution in [0, 0.1) is 5.82 Å². The molecular weight excluding hydrogens is 221 g/mol. The fourth-order valence-electron chi connectivity index (χ4n) is 1.10. The van der Waals surface area contributed by atoms with E-state index in [0.29, 0.717) is 18.8 Å². The molecule has 0 aliphatic rings. The van der Waals surface area contributed by atoms with Gasteiger partial charge in [-0.05, 0) is 6.07 Å². The highest BCUT2D eigenvalue weighted by Gasteiger charge is 2.07. The Morgan fingerprint density at radius 3 is 2.67 bits per heavy atom. The van der Waals surface area contributed by atoms with E-state index >= 15 is 0 Å². The minimum Gasteiger partial charge on any atom is -0.488 e. The third-order valence-corrected chi connectivity index (χ3v) is 1.80. The summed E-state index contributed by atoms with van der Waals surface area (Å²) in [5, 5.41) is 0. The second-order valence-corrected chi connectivity index (χ2v) is 2.77. The Morgan fingerprint density at radius 1 is 1.33 bits per heavy atom. The number of hydrogen-bond donors (Lipinski definition) is 1. The molecule has 1 aromatic rings. The van der Waals surface area contributed by atoms with Crippen molar-refractivity contribution in [1.29, 1.82) is 0 Å². The van der Waals surface area contributed by atoms with E-state index in [9.17, 15) is 4.39 Å². The fraction of sp³-hybridized carbons (Fsp3) is 0.400. The number of halogens is 2. The molecule has 0 amide bonds. The van der Waals surface area contributed by atoms with Gasteiger partial charge in [0.15, 0.2) is 11.6 Å². The smallest absolute Gasteiger partial charge is 0.165 e. The summed E-state index contributed by atoms with van der Waals surface area (Å²) in [6.45, 7) is 1.02. The molecule has 1 aromatic carbocycles. The molecule has 0 unspecified atom stereocenters. The molecule has 0 radical (unpaired) electrons. The lowest BCUT2D eigenvalue weighted by Gasteiger charge is -2.10. The van der Waals surface area contributed by atoms with Crippen LogP contribution in [0.4, 0.5) is 4.39 Å².